The lowest BCUT2D eigenvalue weighted by atomic mass is 9.95. The van der Waals surface area contributed by atoms with Crippen LogP contribution in [0.1, 0.15) is 40.5 Å². The second kappa shape index (κ2) is 6.89. The Kier molecular flexibility index (Phi) is 5.79. The zero-order valence-electron chi connectivity index (χ0n) is 12.6. The molecule has 1 rings (SSSR count). The van der Waals surface area contributed by atoms with E-state index in [-0.39, 0.29) is 23.9 Å². The third kappa shape index (κ3) is 3.69. The maximum absolute atomic E-state index is 12.5. The van der Waals surface area contributed by atoms with Gasteiger partial charge in [-0.15, -0.1) is 0 Å². The van der Waals surface area contributed by atoms with E-state index >= 15 is 0 Å². The van der Waals surface area contributed by atoms with Crippen LogP contribution >= 0.6 is 0 Å². The summed E-state index contributed by atoms with van der Waals surface area (Å²) in [6.45, 7) is 8.40. The van der Waals surface area contributed by atoms with Gasteiger partial charge in [-0.2, -0.15) is 0 Å². The molecule has 0 aromatic carbocycles. The Hall–Kier alpha value is -1.10. The predicted molar refractivity (Wildman–Crippen MR) is 73.6 cm³/mol. The fourth-order valence-corrected chi connectivity index (χ4v) is 2.58. The Morgan fingerprint density at radius 1 is 1.32 bits per heavy atom. The molecule has 1 fully saturated rings. The highest BCUT2D eigenvalue weighted by molar-refractivity contribution is 5.97. The molecule has 0 saturated carbocycles. The van der Waals surface area contributed by atoms with Crippen LogP contribution < -0.4 is 5.32 Å². The van der Waals surface area contributed by atoms with Crippen molar-refractivity contribution in [2.24, 2.45) is 5.92 Å². The van der Waals surface area contributed by atoms with Crippen LogP contribution in [0.25, 0.3) is 0 Å². The van der Waals surface area contributed by atoms with Crippen molar-refractivity contribution in [1.29, 1.82) is 0 Å². The average molecular weight is 270 g/mol. The molecule has 5 nitrogen and oxygen atoms in total. The van der Waals surface area contributed by atoms with Gasteiger partial charge in [-0.05, 0) is 25.7 Å². The zero-order chi connectivity index (χ0) is 14.6. The van der Waals surface area contributed by atoms with Gasteiger partial charge in [0.2, 0.25) is 11.8 Å². The summed E-state index contributed by atoms with van der Waals surface area (Å²) in [7, 11) is 1.61. The molecule has 0 aromatic heterocycles. The van der Waals surface area contributed by atoms with Crippen molar-refractivity contribution in [2.75, 3.05) is 13.7 Å². The van der Waals surface area contributed by atoms with E-state index < -0.39 is 6.04 Å². The summed E-state index contributed by atoms with van der Waals surface area (Å²) in [6, 6.07) is -0.850. The van der Waals surface area contributed by atoms with Crippen LogP contribution in [0.3, 0.4) is 0 Å². The van der Waals surface area contributed by atoms with E-state index in [4.69, 9.17) is 4.74 Å². The number of methoxy groups -OCH3 is 1. The van der Waals surface area contributed by atoms with Crippen molar-refractivity contribution in [1.82, 2.24) is 10.2 Å². The first-order valence-electron chi connectivity index (χ1n) is 7.03. The molecule has 19 heavy (non-hydrogen) atoms. The first-order chi connectivity index (χ1) is 8.92. The van der Waals surface area contributed by atoms with Gasteiger partial charge in [0.05, 0.1) is 12.6 Å². The highest BCUT2D eigenvalue weighted by Gasteiger charge is 2.41. The Balaban J connectivity index is 2.97. The van der Waals surface area contributed by atoms with Gasteiger partial charge in [-0.3, -0.25) is 9.59 Å². The fraction of sp³-hybridized carbons (Fsp3) is 0.857. The van der Waals surface area contributed by atoms with Crippen molar-refractivity contribution >= 4 is 11.8 Å². The Labute approximate surface area is 115 Å². The lowest BCUT2D eigenvalue weighted by molar-refractivity contribution is -0.153. The molecule has 0 spiro atoms. The number of hydrogen-bond donors (Lipinski definition) is 1. The van der Waals surface area contributed by atoms with Gasteiger partial charge in [-0.25, -0.2) is 0 Å². The van der Waals surface area contributed by atoms with Crippen LogP contribution in [0.4, 0.5) is 0 Å². The van der Waals surface area contributed by atoms with Gasteiger partial charge in [0, 0.05) is 7.11 Å². The largest absolute Gasteiger partial charge is 0.383 e. The molecule has 1 aliphatic heterocycles. The highest BCUT2D eigenvalue weighted by Crippen LogP contribution is 2.21. The van der Waals surface area contributed by atoms with Gasteiger partial charge >= 0.3 is 0 Å². The molecule has 0 bridgehead atoms. The second-order valence-corrected chi connectivity index (χ2v) is 5.66. The molecule has 1 saturated heterocycles. The van der Waals surface area contributed by atoms with E-state index in [1.807, 2.05) is 13.8 Å². The summed E-state index contributed by atoms with van der Waals surface area (Å²) in [6.07, 6.45) is 1.30. The normalized spacial score (nSPS) is 25.7. The molecule has 1 heterocycles. The minimum absolute atomic E-state index is 0.0114. The smallest absolute Gasteiger partial charge is 0.246 e. The Morgan fingerprint density at radius 2 is 1.95 bits per heavy atom. The molecule has 5 heteroatoms. The maximum atomic E-state index is 12.5. The number of nitrogens with zero attached hydrogens (tertiary/aromatic N) is 1. The topological polar surface area (TPSA) is 58.6 Å². The van der Waals surface area contributed by atoms with Crippen LogP contribution in [0.15, 0.2) is 0 Å². The number of piperazine rings is 1. The molecule has 0 aromatic rings. The summed E-state index contributed by atoms with van der Waals surface area (Å²) in [5.74, 6) is 0.333. The van der Waals surface area contributed by atoms with E-state index in [0.717, 1.165) is 0 Å². The third-order valence-corrected chi connectivity index (χ3v) is 3.49. The average Bonchev–Trinajstić information content (AvgIpc) is 2.33. The predicted octanol–water partition coefficient (Wildman–Crippen LogP) is 1.17. The minimum Gasteiger partial charge on any atom is -0.383 e. The zero-order valence-corrected chi connectivity index (χ0v) is 12.6. The molecule has 3 atom stereocenters. The van der Waals surface area contributed by atoms with Crippen molar-refractivity contribution in [2.45, 2.75) is 58.7 Å². The summed E-state index contributed by atoms with van der Waals surface area (Å²) in [5.41, 5.74) is 0. The van der Waals surface area contributed by atoms with Crippen LogP contribution in [-0.2, 0) is 14.3 Å². The van der Waals surface area contributed by atoms with Crippen molar-refractivity contribution in [3.05, 3.63) is 0 Å². The summed E-state index contributed by atoms with van der Waals surface area (Å²) in [4.78, 5) is 26.4. The quantitative estimate of drug-likeness (QED) is 0.788. The van der Waals surface area contributed by atoms with E-state index in [2.05, 4.69) is 19.2 Å². The molecular weight excluding hydrogens is 244 g/mol. The van der Waals surface area contributed by atoms with Gasteiger partial charge in [0.15, 0.2) is 0 Å². The van der Waals surface area contributed by atoms with Gasteiger partial charge in [0.25, 0.3) is 0 Å². The molecule has 110 valence electrons. The summed E-state index contributed by atoms with van der Waals surface area (Å²) >= 11 is 0. The van der Waals surface area contributed by atoms with Crippen LogP contribution in [0.2, 0.25) is 0 Å². The van der Waals surface area contributed by atoms with E-state index in [1.165, 1.54) is 0 Å². The lowest BCUT2D eigenvalue weighted by Gasteiger charge is -2.42. The first-order valence-corrected chi connectivity index (χ1v) is 7.03. The second-order valence-electron chi connectivity index (χ2n) is 5.66. The van der Waals surface area contributed by atoms with E-state index in [9.17, 15) is 9.59 Å². The summed E-state index contributed by atoms with van der Waals surface area (Å²) in [5, 5.41) is 2.83. The summed E-state index contributed by atoms with van der Waals surface area (Å²) < 4.78 is 5.14. The van der Waals surface area contributed by atoms with Crippen molar-refractivity contribution in [3.63, 3.8) is 0 Å². The monoisotopic (exact) mass is 270 g/mol. The Morgan fingerprint density at radius 3 is 2.42 bits per heavy atom. The van der Waals surface area contributed by atoms with Gasteiger partial charge < -0.3 is 15.0 Å². The van der Waals surface area contributed by atoms with Crippen LogP contribution in [0.5, 0.6) is 0 Å². The molecule has 2 amide bonds. The third-order valence-electron chi connectivity index (χ3n) is 3.49. The number of carbonyl (C=O) groups excluding carboxylic acids is 2. The molecule has 1 aliphatic rings. The number of rotatable bonds is 6. The maximum Gasteiger partial charge on any atom is 0.246 e. The van der Waals surface area contributed by atoms with Crippen molar-refractivity contribution < 1.29 is 14.3 Å². The minimum atomic E-state index is -0.393. The number of amides is 2. The molecular formula is C14H26N2O3. The number of carbonyl (C=O) groups is 2. The molecule has 0 radical (unpaired) electrons. The number of hydrogen-bond acceptors (Lipinski definition) is 3. The number of nitrogens with one attached hydrogen (secondary N) is 1. The SMILES string of the molecule is CCC1NC(=O)C(CC(C)C)N(C(C)COC)C1=O. The van der Waals surface area contributed by atoms with Gasteiger partial charge in [0.1, 0.15) is 12.1 Å². The molecule has 3 unspecified atom stereocenters. The Bertz CT molecular complexity index is 331. The van der Waals surface area contributed by atoms with E-state index in [0.29, 0.717) is 25.4 Å². The molecule has 1 N–H and O–H groups in total. The van der Waals surface area contributed by atoms with Crippen LogP contribution in [-0.4, -0.2) is 48.6 Å². The highest BCUT2D eigenvalue weighted by atomic mass is 16.5. The standard InChI is InChI=1S/C14H26N2O3/c1-6-11-14(18)16(10(4)8-19-5)12(7-9(2)3)13(17)15-11/h9-12H,6-8H2,1-5H3,(H,15,17). The van der Waals surface area contributed by atoms with E-state index in [1.54, 1.807) is 12.0 Å². The fourth-order valence-electron chi connectivity index (χ4n) is 2.58. The number of ether oxygens (including phenoxy) is 1. The molecule has 0 aliphatic carbocycles. The first kappa shape index (κ1) is 16.0. The van der Waals surface area contributed by atoms with Crippen molar-refractivity contribution in [3.8, 4) is 0 Å². The van der Waals surface area contributed by atoms with Gasteiger partial charge in [-0.1, -0.05) is 20.8 Å². The van der Waals surface area contributed by atoms with Crippen LogP contribution in [0, 0.1) is 5.92 Å². The lowest BCUT2D eigenvalue weighted by Crippen LogP contribution is -2.66.